The second-order valence-corrected chi connectivity index (χ2v) is 3.36. The van der Waals surface area contributed by atoms with Crippen LogP contribution in [0.3, 0.4) is 0 Å². The third-order valence-corrected chi connectivity index (χ3v) is 1.93. The number of aromatic nitrogens is 1. The molecule has 0 saturated heterocycles. The Morgan fingerprint density at radius 1 is 1.12 bits per heavy atom. The zero-order chi connectivity index (χ0) is 13.4. The van der Waals surface area contributed by atoms with Crippen LogP contribution in [0, 0.1) is 6.92 Å². The van der Waals surface area contributed by atoms with Gasteiger partial charge in [0.05, 0.1) is 5.57 Å². The van der Waals surface area contributed by atoms with Gasteiger partial charge in [-0.2, -0.15) is 26.3 Å². The van der Waals surface area contributed by atoms with Crippen molar-refractivity contribution in [1.82, 2.24) is 4.98 Å². The fourth-order valence-electron chi connectivity index (χ4n) is 1.15. The minimum absolute atomic E-state index is 0.153. The van der Waals surface area contributed by atoms with Crippen molar-refractivity contribution in [3.63, 3.8) is 0 Å². The highest BCUT2D eigenvalue weighted by Crippen LogP contribution is 2.35. The molecule has 0 spiro atoms. The monoisotopic (exact) mass is 255 g/mol. The van der Waals surface area contributed by atoms with Gasteiger partial charge in [-0.1, -0.05) is 6.58 Å². The summed E-state index contributed by atoms with van der Waals surface area (Å²) in [5.74, 6) is 0. The zero-order valence-corrected chi connectivity index (χ0v) is 8.58. The molecule has 94 valence electrons. The van der Waals surface area contributed by atoms with Gasteiger partial charge >= 0.3 is 12.4 Å². The van der Waals surface area contributed by atoms with Gasteiger partial charge in [0, 0.05) is 5.69 Å². The summed E-state index contributed by atoms with van der Waals surface area (Å²) < 4.78 is 73.9. The summed E-state index contributed by atoms with van der Waals surface area (Å²) in [6.07, 6.45) is -9.55. The van der Waals surface area contributed by atoms with Crippen LogP contribution < -0.4 is 0 Å². The van der Waals surface area contributed by atoms with Gasteiger partial charge in [-0.15, -0.1) is 0 Å². The first-order valence-corrected chi connectivity index (χ1v) is 4.34. The molecule has 17 heavy (non-hydrogen) atoms. The van der Waals surface area contributed by atoms with Crippen LogP contribution in [-0.2, 0) is 6.18 Å². The summed E-state index contributed by atoms with van der Waals surface area (Å²) in [6.45, 7) is 3.92. The lowest BCUT2D eigenvalue weighted by Crippen LogP contribution is -2.13. The summed E-state index contributed by atoms with van der Waals surface area (Å²) in [5, 5.41) is 0. The number of allylic oxidation sites excluding steroid dienone is 1. The lowest BCUT2D eigenvalue weighted by Gasteiger charge is -2.13. The summed E-state index contributed by atoms with van der Waals surface area (Å²) in [7, 11) is 0. The van der Waals surface area contributed by atoms with Gasteiger partial charge in [0.2, 0.25) is 0 Å². The number of nitrogens with zero attached hydrogens (tertiary/aromatic N) is 1. The Labute approximate surface area is 92.8 Å². The smallest absolute Gasteiger partial charge is 0.249 e. The number of alkyl halides is 6. The van der Waals surface area contributed by atoms with Gasteiger partial charge in [-0.05, 0) is 24.6 Å². The number of pyridine rings is 1. The van der Waals surface area contributed by atoms with Crippen molar-refractivity contribution in [3.05, 3.63) is 35.7 Å². The molecule has 0 aromatic carbocycles. The molecule has 1 nitrogen and oxygen atoms in total. The number of hydrogen-bond donors (Lipinski definition) is 0. The summed E-state index contributed by atoms with van der Waals surface area (Å²) in [5.41, 5.74) is -3.47. The van der Waals surface area contributed by atoms with E-state index in [0.29, 0.717) is 6.07 Å². The van der Waals surface area contributed by atoms with Crippen LogP contribution >= 0.6 is 0 Å². The second kappa shape index (κ2) is 4.05. The summed E-state index contributed by atoms with van der Waals surface area (Å²) in [4.78, 5) is 3.14. The van der Waals surface area contributed by atoms with Gasteiger partial charge in [-0.3, -0.25) is 0 Å². The Hall–Kier alpha value is -1.53. The minimum Gasteiger partial charge on any atom is -0.249 e. The largest absolute Gasteiger partial charge is 0.433 e. The molecule has 0 aliphatic carbocycles. The summed E-state index contributed by atoms with van der Waals surface area (Å²) in [6, 6.07) is 1.24. The van der Waals surface area contributed by atoms with Crippen LogP contribution in [0.2, 0.25) is 0 Å². The van der Waals surface area contributed by atoms with E-state index in [1.165, 1.54) is 6.92 Å². The first kappa shape index (κ1) is 13.5. The fourth-order valence-corrected chi connectivity index (χ4v) is 1.15. The van der Waals surface area contributed by atoms with E-state index in [2.05, 4.69) is 11.6 Å². The average molecular weight is 255 g/mol. The van der Waals surface area contributed by atoms with Crippen molar-refractivity contribution in [2.75, 3.05) is 0 Å². The van der Waals surface area contributed by atoms with E-state index < -0.39 is 29.2 Å². The van der Waals surface area contributed by atoms with Crippen LogP contribution in [0.4, 0.5) is 26.3 Å². The normalized spacial score (nSPS) is 12.6. The van der Waals surface area contributed by atoms with E-state index >= 15 is 0 Å². The second-order valence-electron chi connectivity index (χ2n) is 3.36. The maximum absolute atomic E-state index is 12.3. The number of rotatable bonds is 1. The van der Waals surface area contributed by atoms with Crippen molar-refractivity contribution >= 4 is 5.57 Å². The molecule has 0 aliphatic heterocycles. The van der Waals surface area contributed by atoms with Gasteiger partial charge in [0.25, 0.3) is 0 Å². The first-order chi connectivity index (χ1) is 7.51. The van der Waals surface area contributed by atoms with E-state index in [9.17, 15) is 26.3 Å². The third kappa shape index (κ3) is 3.21. The van der Waals surface area contributed by atoms with Crippen LogP contribution in [0.5, 0.6) is 0 Å². The number of halogens is 6. The maximum atomic E-state index is 12.3. The van der Waals surface area contributed by atoms with Gasteiger partial charge in [0.15, 0.2) is 0 Å². The molecule has 0 saturated carbocycles. The predicted octanol–water partition coefficient (Wildman–Crippen LogP) is 3.98. The molecule has 1 aromatic rings. The zero-order valence-electron chi connectivity index (χ0n) is 8.58. The number of hydrogen-bond acceptors (Lipinski definition) is 1. The van der Waals surface area contributed by atoms with Crippen LogP contribution in [0.25, 0.3) is 5.57 Å². The molecule has 0 bridgehead atoms. The molecule has 1 heterocycles. The molecule has 0 radical (unpaired) electrons. The highest BCUT2D eigenvalue weighted by molar-refractivity contribution is 5.67. The highest BCUT2D eigenvalue weighted by atomic mass is 19.4. The van der Waals surface area contributed by atoms with Crippen LogP contribution in [-0.4, -0.2) is 11.2 Å². The van der Waals surface area contributed by atoms with Crippen molar-refractivity contribution in [3.8, 4) is 0 Å². The Bertz CT molecular complexity index is 443. The Balaban J connectivity index is 3.29. The lowest BCUT2D eigenvalue weighted by atomic mass is 10.1. The SMILES string of the molecule is C=C(c1cc(C)nc(C(F)(F)F)c1)C(F)(F)F. The van der Waals surface area contributed by atoms with Gasteiger partial charge < -0.3 is 0 Å². The standard InChI is InChI=1S/C10H7F6N/c1-5-3-7(6(2)9(11,12)13)4-8(17-5)10(14,15)16/h3-4H,2H2,1H3. The molecule has 0 N–H and O–H groups in total. The molecule has 7 heteroatoms. The molecular formula is C10H7F6N. The Kier molecular flexibility index (Phi) is 3.22. The molecule has 1 aromatic heterocycles. The quantitative estimate of drug-likeness (QED) is 0.691. The molecule has 0 fully saturated rings. The topological polar surface area (TPSA) is 12.9 Å². The average Bonchev–Trinajstić information content (AvgIpc) is 2.12. The van der Waals surface area contributed by atoms with Crippen LogP contribution in [0.15, 0.2) is 18.7 Å². The molecular weight excluding hydrogens is 248 g/mol. The fraction of sp³-hybridized carbons (Fsp3) is 0.300. The summed E-state index contributed by atoms with van der Waals surface area (Å²) >= 11 is 0. The van der Waals surface area contributed by atoms with E-state index in [4.69, 9.17) is 0 Å². The van der Waals surface area contributed by atoms with Gasteiger partial charge in [0.1, 0.15) is 5.69 Å². The van der Waals surface area contributed by atoms with Crippen LogP contribution in [0.1, 0.15) is 17.0 Å². The van der Waals surface area contributed by atoms with E-state index in [0.717, 1.165) is 6.07 Å². The Morgan fingerprint density at radius 2 is 1.65 bits per heavy atom. The van der Waals surface area contributed by atoms with Crippen molar-refractivity contribution in [2.45, 2.75) is 19.3 Å². The highest BCUT2D eigenvalue weighted by Gasteiger charge is 2.36. The maximum Gasteiger partial charge on any atom is 0.433 e. The molecule has 1 rings (SSSR count). The Morgan fingerprint density at radius 3 is 2.06 bits per heavy atom. The third-order valence-electron chi connectivity index (χ3n) is 1.93. The lowest BCUT2D eigenvalue weighted by molar-refractivity contribution is -0.141. The molecule has 0 amide bonds. The van der Waals surface area contributed by atoms with Crippen molar-refractivity contribution in [2.24, 2.45) is 0 Å². The molecule has 0 aliphatic rings. The first-order valence-electron chi connectivity index (χ1n) is 4.34. The van der Waals surface area contributed by atoms with Crippen molar-refractivity contribution < 1.29 is 26.3 Å². The van der Waals surface area contributed by atoms with E-state index in [1.807, 2.05) is 0 Å². The van der Waals surface area contributed by atoms with Crippen molar-refractivity contribution in [1.29, 1.82) is 0 Å². The predicted molar refractivity (Wildman–Crippen MR) is 49.1 cm³/mol. The van der Waals surface area contributed by atoms with E-state index in [1.54, 1.807) is 0 Å². The minimum atomic E-state index is -4.79. The molecule has 0 unspecified atom stereocenters. The van der Waals surface area contributed by atoms with Gasteiger partial charge in [-0.25, -0.2) is 4.98 Å². The molecule has 0 atom stereocenters. The number of aryl methyl sites for hydroxylation is 1. The van der Waals surface area contributed by atoms with E-state index in [-0.39, 0.29) is 5.69 Å².